The van der Waals surface area contributed by atoms with Crippen LogP contribution in [-0.2, 0) is 13.5 Å². The highest BCUT2D eigenvalue weighted by molar-refractivity contribution is 7.16. The number of hydrogen-bond acceptors (Lipinski definition) is 4. The zero-order valence-electron chi connectivity index (χ0n) is 14.3. The number of carbonyl (C=O) groups excluding carboxylic acids is 1. The van der Waals surface area contributed by atoms with Crippen LogP contribution in [0.5, 0.6) is 0 Å². The Bertz CT molecular complexity index is 1050. The summed E-state index contributed by atoms with van der Waals surface area (Å²) < 4.78 is 2.83. The number of benzene rings is 2. The Hall–Kier alpha value is -2.99. The molecule has 2 heterocycles. The quantitative estimate of drug-likeness (QED) is 0.589. The van der Waals surface area contributed by atoms with E-state index in [0.29, 0.717) is 12.1 Å². The Morgan fingerprint density at radius 2 is 2.00 bits per heavy atom. The van der Waals surface area contributed by atoms with Crippen LogP contribution in [0, 0.1) is 0 Å². The molecule has 0 saturated heterocycles. The standard InChI is InChI=1S/C20H18N4OS/c1-24-12-17(11-23-24)15-4-2-14(3-5-15)8-9-21-20(25)16-6-7-18-19(10-16)26-13-22-18/h2-7,10-13H,8-9H2,1H3,(H,21,25). The molecule has 0 radical (unpaired) electrons. The van der Waals surface area contributed by atoms with Gasteiger partial charge in [0.25, 0.3) is 5.91 Å². The molecule has 6 heteroatoms. The van der Waals surface area contributed by atoms with Crippen molar-refractivity contribution in [3.05, 3.63) is 71.5 Å². The number of carbonyl (C=O) groups is 1. The van der Waals surface area contributed by atoms with E-state index < -0.39 is 0 Å². The monoisotopic (exact) mass is 362 g/mol. The topological polar surface area (TPSA) is 59.8 Å². The molecule has 0 bridgehead atoms. The highest BCUT2D eigenvalue weighted by Gasteiger charge is 2.07. The summed E-state index contributed by atoms with van der Waals surface area (Å²) in [5.41, 5.74) is 6.83. The van der Waals surface area contributed by atoms with Gasteiger partial charge in [-0.05, 0) is 35.7 Å². The van der Waals surface area contributed by atoms with Gasteiger partial charge < -0.3 is 5.32 Å². The van der Waals surface area contributed by atoms with E-state index in [-0.39, 0.29) is 5.91 Å². The van der Waals surface area contributed by atoms with E-state index in [0.717, 1.165) is 27.8 Å². The van der Waals surface area contributed by atoms with E-state index in [4.69, 9.17) is 0 Å². The van der Waals surface area contributed by atoms with E-state index in [1.807, 2.05) is 37.6 Å². The van der Waals surface area contributed by atoms with E-state index in [1.165, 1.54) is 5.56 Å². The predicted octanol–water partition coefficient (Wildman–Crippen LogP) is 3.67. The molecule has 0 spiro atoms. The van der Waals surface area contributed by atoms with E-state index in [1.54, 1.807) is 21.5 Å². The molecule has 130 valence electrons. The number of thiazole rings is 1. The number of aromatic nitrogens is 3. The summed E-state index contributed by atoms with van der Waals surface area (Å²) in [6.45, 7) is 0.603. The van der Waals surface area contributed by atoms with Crippen molar-refractivity contribution in [1.82, 2.24) is 20.1 Å². The average molecular weight is 362 g/mol. The van der Waals surface area contributed by atoms with Gasteiger partial charge in [0.05, 0.1) is 21.9 Å². The fourth-order valence-electron chi connectivity index (χ4n) is 2.85. The van der Waals surface area contributed by atoms with Gasteiger partial charge in [-0.1, -0.05) is 24.3 Å². The van der Waals surface area contributed by atoms with Gasteiger partial charge in [0.1, 0.15) is 0 Å². The molecule has 1 N–H and O–H groups in total. The molecule has 0 saturated carbocycles. The van der Waals surface area contributed by atoms with E-state index in [2.05, 4.69) is 39.7 Å². The SMILES string of the molecule is Cn1cc(-c2ccc(CCNC(=O)c3ccc4ncsc4c3)cc2)cn1. The van der Waals surface area contributed by atoms with Crippen LogP contribution in [0.1, 0.15) is 15.9 Å². The summed E-state index contributed by atoms with van der Waals surface area (Å²) in [7, 11) is 1.91. The largest absolute Gasteiger partial charge is 0.352 e. The second-order valence-corrected chi connectivity index (χ2v) is 7.03. The average Bonchev–Trinajstić information content (AvgIpc) is 3.30. The molecule has 4 rings (SSSR count). The van der Waals surface area contributed by atoms with Crippen LogP contribution in [0.2, 0.25) is 0 Å². The minimum atomic E-state index is -0.0488. The van der Waals surface area contributed by atoms with Crippen molar-refractivity contribution < 1.29 is 4.79 Å². The molecule has 0 atom stereocenters. The first-order valence-corrected chi connectivity index (χ1v) is 9.26. The third-order valence-electron chi connectivity index (χ3n) is 4.28. The lowest BCUT2D eigenvalue weighted by molar-refractivity contribution is 0.0954. The molecule has 26 heavy (non-hydrogen) atoms. The second-order valence-electron chi connectivity index (χ2n) is 6.14. The van der Waals surface area contributed by atoms with Gasteiger partial charge in [0.2, 0.25) is 0 Å². The van der Waals surface area contributed by atoms with Gasteiger partial charge in [-0.25, -0.2) is 4.98 Å². The zero-order valence-corrected chi connectivity index (χ0v) is 15.2. The van der Waals surface area contributed by atoms with Crippen molar-refractivity contribution in [2.45, 2.75) is 6.42 Å². The van der Waals surface area contributed by atoms with Gasteiger partial charge in [-0.15, -0.1) is 11.3 Å². The van der Waals surface area contributed by atoms with Gasteiger partial charge in [-0.3, -0.25) is 9.48 Å². The maximum atomic E-state index is 12.3. The summed E-state index contributed by atoms with van der Waals surface area (Å²) in [5, 5.41) is 7.18. The Morgan fingerprint density at radius 3 is 2.77 bits per heavy atom. The highest BCUT2D eigenvalue weighted by atomic mass is 32.1. The van der Waals surface area contributed by atoms with Crippen molar-refractivity contribution in [2.75, 3.05) is 6.54 Å². The first-order chi connectivity index (χ1) is 12.7. The zero-order chi connectivity index (χ0) is 17.9. The number of nitrogens with one attached hydrogen (secondary N) is 1. The van der Waals surface area contributed by atoms with Gasteiger partial charge >= 0.3 is 0 Å². The molecular formula is C20H18N4OS. The minimum absolute atomic E-state index is 0.0488. The maximum Gasteiger partial charge on any atom is 0.251 e. The van der Waals surface area contributed by atoms with Crippen LogP contribution < -0.4 is 5.32 Å². The van der Waals surface area contributed by atoms with Crippen molar-refractivity contribution >= 4 is 27.5 Å². The number of rotatable bonds is 5. The van der Waals surface area contributed by atoms with Crippen molar-refractivity contribution in [3.63, 3.8) is 0 Å². The Labute approximate surface area is 155 Å². The molecule has 4 aromatic rings. The third kappa shape index (κ3) is 3.50. The molecule has 0 unspecified atom stereocenters. The maximum absolute atomic E-state index is 12.3. The van der Waals surface area contributed by atoms with Crippen LogP contribution in [0.15, 0.2) is 60.4 Å². The van der Waals surface area contributed by atoms with E-state index in [9.17, 15) is 4.79 Å². The van der Waals surface area contributed by atoms with Crippen LogP contribution >= 0.6 is 11.3 Å². The van der Waals surface area contributed by atoms with Crippen molar-refractivity contribution in [1.29, 1.82) is 0 Å². The predicted molar refractivity (Wildman–Crippen MR) is 104 cm³/mol. The third-order valence-corrected chi connectivity index (χ3v) is 5.08. The molecule has 0 aliphatic heterocycles. The van der Waals surface area contributed by atoms with E-state index >= 15 is 0 Å². The molecule has 2 aromatic heterocycles. The van der Waals surface area contributed by atoms with Crippen molar-refractivity contribution in [3.8, 4) is 11.1 Å². The first kappa shape index (κ1) is 16.5. The summed E-state index contributed by atoms with van der Waals surface area (Å²) in [4.78, 5) is 16.5. The molecule has 2 aromatic carbocycles. The smallest absolute Gasteiger partial charge is 0.251 e. The fourth-order valence-corrected chi connectivity index (χ4v) is 3.57. The van der Waals surface area contributed by atoms with Crippen LogP contribution in [0.3, 0.4) is 0 Å². The normalized spacial score (nSPS) is 11.0. The number of amides is 1. The second kappa shape index (κ2) is 7.09. The Balaban J connectivity index is 1.34. The Morgan fingerprint density at radius 1 is 1.15 bits per heavy atom. The lowest BCUT2D eigenvalue weighted by Gasteiger charge is -2.06. The fraction of sp³-hybridized carbons (Fsp3) is 0.150. The summed E-state index contributed by atoms with van der Waals surface area (Å²) >= 11 is 1.54. The molecule has 0 aliphatic carbocycles. The van der Waals surface area contributed by atoms with Gasteiger partial charge in [-0.2, -0.15) is 5.10 Å². The summed E-state index contributed by atoms with van der Waals surface area (Å²) in [6, 6.07) is 14.0. The molecular weight excluding hydrogens is 344 g/mol. The number of fused-ring (bicyclic) bond motifs is 1. The first-order valence-electron chi connectivity index (χ1n) is 8.38. The molecule has 0 aliphatic rings. The number of hydrogen-bond donors (Lipinski definition) is 1. The molecule has 5 nitrogen and oxygen atoms in total. The Kier molecular flexibility index (Phi) is 4.50. The van der Waals surface area contributed by atoms with Crippen LogP contribution in [0.4, 0.5) is 0 Å². The van der Waals surface area contributed by atoms with Gasteiger partial charge in [0, 0.05) is 30.9 Å². The van der Waals surface area contributed by atoms with Crippen molar-refractivity contribution in [2.24, 2.45) is 7.05 Å². The lowest BCUT2D eigenvalue weighted by atomic mass is 10.1. The van der Waals surface area contributed by atoms with Gasteiger partial charge in [0.15, 0.2) is 0 Å². The number of aryl methyl sites for hydroxylation is 1. The van der Waals surface area contributed by atoms with Crippen LogP contribution in [-0.4, -0.2) is 27.2 Å². The minimum Gasteiger partial charge on any atom is -0.352 e. The highest BCUT2D eigenvalue weighted by Crippen LogP contribution is 2.20. The molecule has 1 amide bonds. The lowest BCUT2D eigenvalue weighted by Crippen LogP contribution is -2.25. The summed E-state index contributed by atoms with van der Waals surface area (Å²) in [6.07, 6.45) is 4.65. The number of nitrogens with zero attached hydrogens (tertiary/aromatic N) is 3. The summed E-state index contributed by atoms with van der Waals surface area (Å²) in [5.74, 6) is -0.0488. The molecule has 0 fully saturated rings. The van der Waals surface area contributed by atoms with Crippen LogP contribution in [0.25, 0.3) is 21.3 Å².